The first-order chi connectivity index (χ1) is 8.52. The van der Waals surface area contributed by atoms with Crippen molar-refractivity contribution in [3.63, 3.8) is 0 Å². The van der Waals surface area contributed by atoms with E-state index in [0.29, 0.717) is 16.3 Å². The number of rotatable bonds is 5. The summed E-state index contributed by atoms with van der Waals surface area (Å²) in [7, 11) is 1.80. The van der Waals surface area contributed by atoms with Crippen LogP contribution in [0.3, 0.4) is 0 Å². The SMILES string of the molecule is CCC(CSC)N(C)C(=O)c1c(N)cccc1Cl. The highest BCUT2D eigenvalue weighted by atomic mass is 35.5. The Bertz CT molecular complexity index is 405. The summed E-state index contributed by atoms with van der Waals surface area (Å²) in [6.45, 7) is 2.07. The topological polar surface area (TPSA) is 46.3 Å². The van der Waals surface area contributed by atoms with Crippen LogP contribution in [0.5, 0.6) is 0 Å². The molecule has 1 atom stereocenters. The fraction of sp³-hybridized carbons (Fsp3) is 0.462. The van der Waals surface area contributed by atoms with Crippen LogP contribution in [0.1, 0.15) is 23.7 Å². The number of carbonyl (C=O) groups excluding carboxylic acids is 1. The maximum atomic E-state index is 12.4. The molecule has 1 aromatic carbocycles. The third-order valence-electron chi connectivity index (χ3n) is 2.96. The van der Waals surface area contributed by atoms with Gasteiger partial charge >= 0.3 is 0 Å². The Morgan fingerprint density at radius 1 is 1.56 bits per heavy atom. The van der Waals surface area contributed by atoms with Gasteiger partial charge in [-0.3, -0.25) is 4.79 Å². The minimum absolute atomic E-state index is 0.112. The van der Waals surface area contributed by atoms with E-state index in [1.807, 2.05) is 6.26 Å². The molecule has 0 saturated heterocycles. The molecule has 0 aliphatic heterocycles. The predicted octanol–water partition coefficient (Wildman–Crippen LogP) is 3.14. The molecule has 1 rings (SSSR count). The van der Waals surface area contributed by atoms with Gasteiger partial charge in [-0.25, -0.2) is 0 Å². The largest absolute Gasteiger partial charge is 0.398 e. The number of benzene rings is 1. The fourth-order valence-electron chi connectivity index (χ4n) is 1.80. The smallest absolute Gasteiger partial charge is 0.257 e. The minimum atomic E-state index is -0.112. The van der Waals surface area contributed by atoms with E-state index in [0.717, 1.165) is 12.2 Å². The number of halogens is 1. The van der Waals surface area contributed by atoms with Gasteiger partial charge in [0.15, 0.2) is 0 Å². The summed E-state index contributed by atoms with van der Waals surface area (Å²) < 4.78 is 0. The molecular weight excluding hydrogens is 268 g/mol. The van der Waals surface area contributed by atoms with Crippen LogP contribution in [0.4, 0.5) is 5.69 Å². The number of anilines is 1. The molecular formula is C13H19ClN2OS. The number of nitrogen functional groups attached to an aromatic ring is 1. The molecule has 2 N–H and O–H groups in total. The summed E-state index contributed by atoms with van der Waals surface area (Å²) in [6, 6.07) is 5.33. The van der Waals surface area contributed by atoms with E-state index in [1.54, 1.807) is 41.9 Å². The van der Waals surface area contributed by atoms with Gasteiger partial charge in [0.05, 0.1) is 10.6 Å². The second-order valence-corrected chi connectivity index (χ2v) is 5.46. The summed E-state index contributed by atoms with van der Waals surface area (Å²) in [6.07, 6.45) is 2.94. The van der Waals surface area contributed by atoms with E-state index in [4.69, 9.17) is 17.3 Å². The zero-order valence-electron chi connectivity index (χ0n) is 10.9. The lowest BCUT2D eigenvalue weighted by Crippen LogP contribution is -2.38. The maximum Gasteiger partial charge on any atom is 0.257 e. The van der Waals surface area contributed by atoms with Gasteiger partial charge in [0.2, 0.25) is 0 Å². The molecule has 0 saturated carbocycles. The molecule has 1 aromatic rings. The Morgan fingerprint density at radius 2 is 2.22 bits per heavy atom. The van der Waals surface area contributed by atoms with Crippen LogP contribution in [0.2, 0.25) is 5.02 Å². The fourth-order valence-corrected chi connectivity index (χ4v) is 2.91. The molecule has 1 unspecified atom stereocenters. The molecule has 0 bridgehead atoms. The summed E-state index contributed by atoms with van der Waals surface area (Å²) in [4.78, 5) is 14.1. The van der Waals surface area contributed by atoms with Crippen LogP contribution < -0.4 is 5.73 Å². The third-order valence-corrected chi connectivity index (χ3v) is 3.99. The highest BCUT2D eigenvalue weighted by Gasteiger charge is 2.22. The second kappa shape index (κ2) is 6.90. The molecule has 1 amide bonds. The highest BCUT2D eigenvalue weighted by molar-refractivity contribution is 7.98. The Morgan fingerprint density at radius 3 is 2.72 bits per heavy atom. The lowest BCUT2D eigenvalue weighted by Gasteiger charge is -2.27. The van der Waals surface area contributed by atoms with Crippen molar-refractivity contribution in [1.82, 2.24) is 4.90 Å². The summed E-state index contributed by atoms with van der Waals surface area (Å²) in [5, 5.41) is 0.408. The molecule has 0 aliphatic rings. The minimum Gasteiger partial charge on any atom is -0.398 e. The molecule has 18 heavy (non-hydrogen) atoms. The Kier molecular flexibility index (Phi) is 5.82. The molecule has 0 heterocycles. The first kappa shape index (κ1) is 15.2. The van der Waals surface area contributed by atoms with E-state index in [9.17, 15) is 4.79 Å². The van der Waals surface area contributed by atoms with Gasteiger partial charge in [-0.05, 0) is 24.8 Å². The molecule has 0 radical (unpaired) electrons. The van der Waals surface area contributed by atoms with Crippen LogP contribution in [0.25, 0.3) is 0 Å². The predicted molar refractivity (Wildman–Crippen MR) is 80.4 cm³/mol. The van der Waals surface area contributed by atoms with Crippen LogP contribution >= 0.6 is 23.4 Å². The van der Waals surface area contributed by atoms with E-state index < -0.39 is 0 Å². The Hall–Kier alpha value is -0.870. The average molecular weight is 287 g/mol. The van der Waals surface area contributed by atoms with Crippen LogP contribution in [-0.2, 0) is 0 Å². The van der Waals surface area contributed by atoms with Gasteiger partial charge in [0.1, 0.15) is 0 Å². The lowest BCUT2D eigenvalue weighted by atomic mass is 10.1. The number of amides is 1. The van der Waals surface area contributed by atoms with E-state index in [2.05, 4.69) is 6.92 Å². The highest BCUT2D eigenvalue weighted by Crippen LogP contribution is 2.24. The first-order valence-corrected chi connectivity index (χ1v) is 7.60. The number of nitrogens with two attached hydrogens (primary N) is 1. The van der Waals surface area contributed by atoms with Gasteiger partial charge in [-0.15, -0.1) is 0 Å². The summed E-state index contributed by atoms with van der Waals surface area (Å²) >= 11 is 7.79. The Labute approximate surface area is 118 Å². The molecule has 0 aromatic heterocycles. The summed E-state index contributed by atoms with van der Waals surface area (Å²) in [5.74, 6) is 0.794. The molecule has 100 valence electrons. The normalized spacial score (nSPS) is 12.2. The molecule has 0 fully saturated rings. The average Bonchev–Trinajstić information content (AvgIpc) is 2.34. The Balaban J connectivity index is 2.99. The zero-order chi connectivity index (χ0) is 13.7. The van der Waals surface area contributed by atoms with Crippen molar-refractivity contribution < 1.29 is 4.79 Å². The van der Waals surface area contributed by atoms with E-state index >= 15 is 0 Å². The number of carbonyl (C=O) groups is 1. The van der Waals surface area contributed by atoms with Gasteiger partial charge in [-0.1, -0.05) is 24.6 Å². The summed E-state index contributed by atoms with van der Waals surface area (Å²) in [5.41, 5.74) is 6.67. The number of hydrogen-bond acceptors (Lipinski definition) is 3. The molecule has 3 nitrogen and oxygen atoms in total. The standard InChI is InChI=1S/C13H19ClN2OS/c1-4-9(8-18-3)16(2)13(17)12-10(14)6-5-7-11(12)15/h5-7,9H,4,8,15H2,1-3H3. The van der Waals surface area contributed by atoms with Crippen molar-refractivity contribution in [3.05, 3.63) is 28.8 Å². The van der Waals surface area contributed by atoms with Crippen molar-refractivity contribution in [2.24, 2.45) is 0 Å². The van der Waals surface area contributed by atoms with Crippen molar-refractivity contribution >= 4 is 35.0 Å². The van der Waals surface area contributed by atoms with Crippen molar-refractivity contribution in [2.75, 3.05) is 24.8 Å². The second-order valence-electron chi connectivity index (χ2n) is 4.14. The van der Waals surface area contributed by atoms with Crippen molar-refractivity contribution in [2.45, 2.75) is 19.4 Å². The van der Waals surface area contributed by atoms with E-state index in [1.165, 1.54) is 0 Å². The zero-order valence-corrected chi connectivity index (χ0v) is 12.5. The molecule has 0 aliphatic carbocycles. The monoisotopic (exact) mass is 286 g/mol. The van der Waals surface area contributed by atoms with Crippen LogP contribution in [0.15, 0.2) is 18.2 Å². The maximum absolute atomic E-state index is 12.4. The van der Waals surface area contributed by atoms with Gasteiger partial charge in [0, 0.05) is 24.5 Å². The van der Waals surface area contributed by atoms with Gasteiger partial charge in [-0.2, -0.15) is 11.8 Å². The van der Waals surface area contributed by atoms with Crippen LogP contribution in [-0.4, -0.2) is 35.9 Å². The third kappa shape index (κ3) is 3.33. The molecule has 5 heteroatoms. The lowest BCUT2D eigenvalue weighted by molar-refractivity contribution is 0.0745. The number of thioether (sulfide) groups is 1. The van der Waals surface area contributed by atoms with Gasteiger partial charge in [0.25, 0.3) is 5.91 Å². The number of nitrogens with zero attached hydrogens (tertiary/aromatic N) is 1. The van der Waals surface area contributed by atoms with E-state index in [-0.39, 0.29) is 11.9 Å². The van der Waals surface area contributed by atoms with Crippen molar-refractivity contribution in [1.29, 1.82) is 0 Å². The quantitative estimate of drug-likeness (QED) is 0.846. The van der Waals surface area contributed by atoms with Crippen LogP contribution in [0, 0.1) is 0 Å². The van der Waals surface area contributed by atoms with Gasteiger partial charge < -0.3 is 10.6 Å². The molecule has 0 spiro atoms. The first-order valence-electron chi connectivity index (χ1n) is 5.83. The number of hydrogen-bond donors (Lipinski definition) is 1. The van der Waals surface area contributed by atoms with Crippen molar-refractivity contribution in [3.8, 4) is 0 Å².